The molecule has 49 heavy (non-hydrogen) atoms. The topological polar surface area (TPSA) is 76.0 Å². The van der Waals surface area contributed by atoms with E-state index in [0.29, 0.717) is 6.42 Å². The molecule has 0 aliphatic heterocycles. The van der Waals surface area contributed by atoms with Crippen molar-refractivity contribution in [1.82, 2.24) is 0 Å². The predicted octanol–water partition coefficient (Wildman–Crippen LogP) is 12.0. The minimum absolute atomic E-state index is 0.140. The minimum Gasteiger partial charge on any atom is -0.479 e. The van der Waals surface area contributed by atoms with Crippen LogP contribution in [0.3, 0.4) is 0 Å². The fraction of sp³-hybridized carbons (Fsp3) is 0.977. The first-order valence-electron chi connectivity index (χ1n) is 21.7. The maximum Gasteiger partial charge on any atom is 0.332 e. The third kappa shape index (κ3) is 32.9. The number of aliphatic hydroxyl groups excluding tert-OH is 1. The molecule has 294 valence electrons. The van der Waals surface area contributed by atoms with E-state index in [1.54, 1.807) is 0 Å². The van der Waals surface area contributed by atoms with Crippen LogP contribution in [-0.2, 0) is 14.3 Å². The molecule has 0 spiro atoms. The lowest BCUT2D eigenvalue weighted by molar-refractivity contribution is -0.890. The van der Waals surface area contributed by atoms with Gasteiger partial charge in [0, 0.05) is 0 Å². The zero-order valence-corrected chi connectivity index (χ0v) is 33.8. The summed E-state index contributed by atoms with van der Waals surface area (Å²) in [5.74, 6) is -0.930. The Labute approximate surface area is 306 Å². The van der Waals surface area contributed by atoms with Crippen molar-refractivity contribution >= 4 is 5.97 Å². The van der Waals surface area contributed by atoms with Crippen molar-refractivity contribution in [3.8, 4) is 0 Å². The summed E-state index contributed by atoms with van der Waals surface area (Å²) < 4.78 is 13.3. The van der Waals surface area contributed by atoms with E-state index in [2.05, 4.69) is 34.9 Å². The average molecular weight is 699 g/mol. The van der Waals surface area contributed by atoms with Crippen LogP contribution in [0.25, 0.3) is 0 Å². The van der Waals surface area contributed by atoms with Gasteiger partial charge in [-0.25, -0.2) is 4.79 Å². The molecular formula is C43H88NO5+. The summed E-state index contributed by atoms with van der Waals surface area (Å²) in [5, 5.41) is 19.9. The summed E-state index contributed by atoms with van der Waals surface area (Å²) in [6, 6.07) is 0. The summed E-state index contributed by atoms with van der Waals surface area (Å²) in [6.45, 7) is 9.27. The number of aliphatic carboxylic acids is 1. The van der Waals surface area contributed by atoms with Crippen LogP contribution >= 0.6 is 0 Å². The zero-order valence-electron chi connectivity index (χ0n) is 33.8. The molecule has 2 N–H and O–H groups in total. The first kappa shape index (κ1) is 48.3. The van der Waals surface area contributed by atoms with Crippen molar-refractivity contribution in [2.24, 2.45) is 0 Å². The molecule has 6 heteroatoms. The van der Waals surface area contributed by atoms with Crippen molar-refractivity contribution in [2.45, 2.75) is 232 Å². The number of ether oxygens (including phenoxy) is 2. The van der Waals surface area contributed by atoms with Crippen LogP contribution in [0.2, 0.25) is 0 Å². The van der Waals surface area contributed by atoms with Crippen molar-refractivity contribution in [2.75, 3.05) is 40.4 Å². The highest BCUT2D eigenvalue weighted by Crippen LogP contribution is 2.19. The van der Waals surface area contributed by atoms with Gasteiger partial charge in [-0.05, 0) is 44.9 Å². The van der Waals surface area contributed by atoms with Gasteiger partial charge in [-0.15, -0.1) is 0 Å². The van der Waals surface area contributed by atoms with Gasteiger partial charge in [0.05, 0.1) is 46.5 Å². The summed E-state index contributed by atoms with van der Waals surface area (Å²) in [5.41, 5.74) is 0. The summed E-state index contributed by atoms with van der Waals surface area (Å²) in [7, 11) is 4.74. The van der Waals surface area contributed by atoms with Gasteiger partial charge in [0.2, 0.25) is 0 Å². The molecule has 0 aliphatic carbocycles. The van der Waals surface area contributed by atoms with Crippen LogP contribution in [0.4, 0.5) is 0 Å². The lowest BCUT2D eigenvalue weighted by atomic mass is 10.0. The quantitative estimate of drug-likeness (QED) is 0.0492. The molecule has 3 unspecified atom stereocenters. The van der Waals surface area contributed by atoms with Gasteiger partial charge in [0.15, 0.2) is 6.10 Å². The Balaban J connectivity index is 4.32. The second-order valence-corrected chi connectivity index (χ2v) is 16.0. The lowest BCUT2D eigenvalue weighted by Gasteiger charge is -2.30. The summed E-state index contributed by atoms with van der Waals surface area (Å²) in [6.07, 6.45) is 35.9. The number of carbonyl (C=O) groups is 1. The van der Waals surface area contributed by atoms with E-state index in [-0.39, 0.29) is 19.3 Å². The molecule has 0 saturated carbocycles. The predicted molar refractivity (Wildman–Crippen MR) is 210 cm³/mol. The minimum atomic E-state index is -0.930. The molecule has 0 heterocycles. The molecule has 0 rings (SSSR count). The normalized spacial score (nSPS) is 13.9. The molecule has 0 fully saturated rings. The third-order valence-corrected chi connectivity index (χ3v) is 10.5. The highest BCUT2D eigenvalue weighted by molar-refractivity contribution is 5.72. The molecule has 0 aromatic rings. The first-order valence-corrected chi connectivity index (χ1v) is 21.7. The van der Waals surface area contributed by atoms with Crippen LogP contribution in [0.1, 0.15) is 213 Å². The van der Waals surface area contributed by atoms with E-state index in [0.717, 1.165) is 49.4 Å². The van der Waals surface area contributed by atoms with Crippen LogP contribution in [0, 0.1) is 0 Å². The number of hydrogen-bond acceptors (Lipinski definition) is 4. The highest BCUT2D eigenvalue weighted by atomic mass is 16.6. The lowest BCUT2D eigenvalue weighted by Crippen LogP contribution is -2.41. The second kappa shape index (κ2) is 35.7. The molecule has 0 radical (unpaired) electrons. The maximum absolute atomic E-state index is 12.0. The van der Waals surface area contributed by atoms with E-state index >= 15 is 0 Å². The Morgan fingerprint density at radius 3 is 1.29 bits per heavy atom. The number of carboxylic acids is 1. The number of rotatable bonds is 40. The van der Waals surface area contributed by atoms with Gasteiger partial charge < -0.3 is 24.2 Å². The summed E-state index contributed by atoms with van der Waals surface area (Å²) >= 11 is 0. The van der Waals surface area contributed by atoms with E-state index in [4.69, 9.17) is 9.47 Å². The highest BCUT2D eigenvalue weighted by Gasteiger charge is 2.24. The van der Waals surface area contributed by atoms with Gasteiger partial charge in [0.1, 0.15) is 6.10 Å². The number of hydrogen-bond donors (Lipinski definition) is 2. The standard InChI is InChI=1S/C43H87NO5/c1-6-9-12-14-16-18-19-20-21-22-23-24-26-29-35-42(43(46)47)49-41(38-45)39-48-40(33-28-11-8-3)34-30-32-37-44(4,5)36-31-27-25-17-15-13-10-7-2/h40-42,45H,6-39H2,1-5H3/p+1. The molecule has 0 aromatic carbocycles. The smallest absolute Gasteiger partial charge is 0.332 e. The number of nitrogens with zero attached hydrogens (tertiary/aromatic N) is 1. The van der Waals surface area contributed by atoms with Crippen LogP contribution in [-0.4, -0.2) is 79.4 Å². The molecule has 0 amide bonds. The third-order valence-electron chi connectivity index (χ3n) is 10.5. The van der Waals surface area contributed by atoms with Crippen molar-refractivity contribution < 1.29 is 29.0 Å². The van der Waals surface area contributed by atoms with Gasteiger partial charge in [-0.1, -0.05) is 168 Å². The van der Waals surface area contributed by atoms with Crippen LogP contribution in [0.5, 0.6) is 0 Å². The van der Waals surface area contributed by atoms with Gasteiger partial charge in [-0.3, -0.25) is 0 Å². The van der Waals surface area contributed by atoms with E-state index in [1.807, 2.05) is 0 Å². The second-order valence-electron chi connectivity index (χ2n) is 16.0. The van der Waals surface area contributed by atoms with Crippen molar-refractivity contribution in [1.29, 1.82) is 0 Å². The Hall–Kier alpha value is -0.690. The molecule has 0 saturated heterocycles. The molecule has 0 aromatic heterocycles. The molecule has 6 nitrogen and oxygen atoms in total. The first-order chi connectivity index (χ1) is 23.8. The van der Waals surface area contributed by atoms with Crippen molar-refractivity contribution in [3.63, 3.8) is 0 Å². The molecule has 3 atom stereocenters. The van der Waals surface area contributed by atoms with E-state index in [1.165, 1.54) is 154 Å². The van der Waals surface area contributed by atoms with Gasteiger partial charge >= 0.3 is 5.97 Å². The molecular weight excluding hydrogens is 610 g/mol. The monoisotopic (exact) mass is 699 g/mol. The number of unbranched alkanes of at least 4 members (excludes halogenated alkanes) is 23. The maximum atomic E-state index is 12.0. The van der Waals surface area contributed by atoms with Crippen molar-refractivity contribution in [3.05, 3.63) is 0 Å². The number of aliphatic hydroxyl groups is 1. The average Bonchev–Trinajstić information content (AvgIpc) is 3.08. The largest absolute Gasteiger partial charge is 0.479 e. The molecule has 0 bridgehead atoms. The zero-order chi connectivity index (χ0) is 36.3. The fourth-order valence-corrected chi connectivity index (χ4v) is 7.02. The SMILES string of the molecule is CCCCCCCCCCCCCCCCC(OC(CO)COC(CCCCC)CCCC[N+](C)(C)CCCCCCCCCC)C(=O)O. The Bertz CT molecular complexity index is 687. The molecule has 0 aliphatic rings. The van der Waals surface area contributed by atoms with Gasteiger partial charge in [0.25, 0.3) is 0 Å². The van der Waals surface area contributed by atoms with Gasteiger partial charge in [-0.2, -0.15) is 0 Å². The number of carboxylic acid groups (broad SMARTS) is 1. The number of quaternary nitrogens is 1. The Morgan fingerprint density at radius 2 is 0.857 bits per heavy atom. The summed E-state index contributed by atoms with van der Waals surface area (Å²) in [4.78, 5) is 12.0. The van der Waals surface area contributed by atoms with Crippen LogP contribution in [0.15, 0.2) is 0 Å². The van der Waals surface area contributed by atoms with Crippen LogP contribution < -0.4 is 0 Å². The fourth-order valence-electron chi connectivity index (χ4n) is 7.02. The Kier molecular flexibility index (Phi) is 35.2. The van der Waals surface area contributed by atoms with E-state index in [9.17, 15) is 15.0 Å². The Morgan fingerprint density at radius 1 is 0.510 bits per heavy atom. The van der Waals surface area contributed by atoms with E-state index < -0.39 is 18.2 Å².